The summed E-state index contributed by atoms with van der Waals surface area (Å²) in [6.07, 6.45) is 2.05. The molecule has 0 aliphatic carbocycles. The molecule has 1 atom stereocenters. The monoisotopic (exact) mass is 437 g/mol. The summed E-state index contributed by atoms with van der Waals surface area (Å²) in [5.41, 5.74) is 0.131. The molecule has 6 heteroatoms. The number of nitrogens with zero attached hydrogens (tertiary/aromatic N) is 1. The van der Waals surface area contributed by atoms with Gasteiger partial charge in [0.05, 0.1) is 8.49 Å². The van der Waals surface area contributed by atoms with Crippen molar-refractivity contribution in [3.63, 3.8) is 0 Å². The molecule has 1 saturated heterocycles. The second kappa shape index (κ2) is 7.60. The van der Waals surface area contributed by atoms with E-state index in [0.717, 1.165) is 18.6 Å². The highest BCUT2D eigenvalue weighted by Gasteiger charge is 2.43. The number of ether oxygens (including phenoxy) is 1. The summed E-state index contributed by atoms with van der Waals surface area (Å²) in [6.45, 7) is 9.02. The third-order valence-corrected chi connectivity index (χ3v) is 9.02. The first-order valence-electron chi connectivity index (χ1n) is 9.43. The molecular formula is C22H28ClNO2S2. The Morgan fingerprint density at radius 2 is 1.39 bits per heavy atom. The Balaban J connectivity index is 1.77. The molecule has 1 unspecified atom stereocenters. The van der Waals surface area contributed by atoms with Crippen molar-refractivity contribution < 1.29 is 8.95 Å². The van der Waals surface area contributed by atoms with E-state index < -0.39 is 8.49 Å². The highest BCUT2D eigenvalue weighted by atomic mass is 35.5. The normalized spacial score (nSPS) is 21.8. The van der Waals surface area contributed by atoms with Gasteiger partial charge in [0.15, 0.2) is 0 Å². The van der Waals surface area contributed by atoms with E-state index in [1.165, 1.54) is 0 Å². The highest BCUT2D eigenvalue weighted by molar-refractivity contribution is 8.33. The number of benzene rings is 2. The lowest BCUT2D eigenvalue weighted by Gasteiger charge is -2.53. The third-order valence-electron chi connectivity index (χ3n) is 5.83. The molecule has 0 aromatic heterocycles. The van der Waals surface area contributed by atoms with Crippen molar-refractivity contribution in [3.05, 3.63) is 53.6 Å². The molecule has 0 spiro atoms. The van der Waals surface area contributed by atoms with Crippen molar-refractivity contribution in [1.82, 2.24) is 4.90 Å². The van der Waals surface area contributed by atoms with Crippen molar-refractivity contribution >= 4 is 31.3 Å². The Bertz CT molecular complexity index is 918. The zero-order chi connectivity index (χ0) is 20.7. The van der Waals surface area contributed by atoms with Crippen LogP contribution < -0.4 is 4.74 Å². The fraction of sp³-hybridized carbons (Fsp3) is 0.455. The van der Waals surface area contributed by atoms with Crippen LogP contribution in [0, 0.1) is 0 Å². The van der Waals surface area contributed by atoms with Crippen LogP contribution in [0.15, 0.2) is 58.3 Å². The maximum atomic E-state index is 13.1. The van der Waals surface area contributed by atoms with Gasteiger partial charge in [0.25, 0.3) is 0 Å². The average Bonchev–Trinajstić information content (AvgIpc) is 2.60. The van der Waals surface area contributed by atoms with Gasteiger partial charge in [-0.2, -0.15) is 0 Å². The molecule has 2 aromatic rings. The van der Waals surface area contributed by atoms with E-state index in [0.29, 0.717) is 14.8 Å². The molecule has 1 aliphatic rings. The molecule has 3 nitrogen and oxygen atoms in total. The van der Waals surface area contributed by atoms with E-state index in [-0.39, 0.29) is 17.2 Å². The van der Waals surface area contributed by atoms with Gasteiger partial charge in [-0.15, -0.1) is 0 Å². The Kier molecular flexibility index (Phi) is 5.85. The smallest absolute Gasteiger partial charge is 0.119 e. The lowest BCUT2D eigenvalue weighted by molar-refractivity contribution is -0.0556. The van der Waals surface area contributed by atoms with Crippen LogP contribution in [0.25, 0.3) is 0 Å². The first-order valence-corrected chi connectivity index (χ1v) is 12.3. The molecule has 1 fully saturated rings. The van der Waals surface area contributed by atoms with Gasteiger partial charge in [0, 0.05) is 38.7 Å². The highest BCUT2D eigenvalue weighted by Crippen LogP contribution is 2.38. The van der Waals surface area contributed by atoms with Crippen molar-refractivity contribution in [3.8, 4) is 5.75 Å². The van der Waals surface area contributed by atoms with E-state index in [1.807, 2.05) is 24.3 Å². The number of piperidine rings is 1. The molecule has 3 rings (SSSR count). The quantitative estimate of drug-likeness (QED) is 0.628. The van der Waals surface area contributed by atoms with Gasteiger partial charge in [-0.05, 0) is 94.5 Å². The predicted molar refractivity (Wildman–Crippen MR) is 120 cm³/mol. The molecule has 0 amide bonds. The van der Waals surface area contributed by atoms with E-state index in [4.69, 9.17) is 27.5 Å². The maximum Gasteiger partial charge on any atom is 0.119 e. The van der Waals surface area contributed by atoms with Crippen LogP contribution in [0.3, 0.4) is 0 Å². The predicted octanol–water partition coefficient (Wildman–Crippen LogP) is 5.53. The number of hydrogen-bond acceptors (Lipinski definition) is 4. The fourth-order valence-electron chi connectivity index (χ4n) is 4.00. The average molecular weight is 438 g/mol. The van der Waals surface area contributed by atoms with Gasteiger partial charge in [-0.3, -0.25) is 4.90 Å². The summed E-state index contributed by atoms with van der Waals surface area (Å²) in [4.78, 5) is 3.64. The molecule has 28 heavy (non-hydrogen) atoms. The van der Waals surface area contributed by atoms with Crippen molar-refractivity contribution in [1.29, 1.82) is 0 Å². The van der Waals surface area contributed by atoms with E-state index in [2.05, 4.69) is 39.6 Å². The largest absolute Gasteiger partial charge is 0.490 e. The van der Waals surface area contributed by atoms with Gasteiger partial charge in [0.2, 0.25) is 0 Å². The Morgan fingerprint density at radius 3 is 1.86 bits per heavy atom. The summed E-state index contributed by atoms with van der Waals surface area (Å²) < 4.78 is 19.4. The minimum Gasteiger partial charge on any atom is -0.490 e. The maximum absolute atomic E-state index is 13.1. The lowest BCUT2D eigenvalue weighted by Crippen LogP contribution is -2.60. The fourth-order valence-corrected chi connectivity index (χ4v) is 6.06. The first-order chi connectivity index (χ1) is 12.9. The summed E-state index contributed by atoms with van der Waals surface area (Å²) in [5, 5.41) is 0.599. The van der Waals surface area contributed by atoms with Gasteiger partial charge in [0.1, 0.15) is 11.9 Å². The summed E-state index contributed by atoms with van der Waals surface area (Å²) in [7, 11) is -0.555. The Labute approximate surface area is 178 Å². The van der Waals surface area contributed by atoms with Crippen LogP contribution >= 0.6 is 11.6 Å². The zero-order valence-electron chi connectivity index (χ0n) is 17.1. The number of hydrogen-bond donors (Lipinski definition) is 0. The summed E-state index contributed by atoms with van der Waals surface area (Å²) in [5.74, 6) is 0.784. The molecule has 1 aliphatic heterocycles. The molecule has 1 heterocycles. The van der Waals surface area contributed by atoms with Crippen LogP contribution in [0.5, 0.6) is 5.75 Å². The Morgan fingerprint density at radius 1 is 0.964 bits per heavy atom. The Hall–Kier alpha value is -1.14. The standard InChI is InChI=1S/C22H28ClNO2S2/c1-21(2)14-18(15-22(3,4)24(21)5)26-17-8-12-20(13-9-17)28(25,27)19-10-6-16(23)7-11-19/h6-13,18H,14-15H2,1-5H3. The first kappa shape index (κ1) is 21.6. The van der Waals surface area contributed by atoms with Gasteiger partial charge in [-0.25, -0.2) is 4.21 Å². The minimum atomic E-state index is -2.74. The van der Waals surface area contributed by atoms with Crippen molar-refractivity contribution in [2.45, 2.75) is 67.5 Å². The van der Waals surface area contributed by atoms with Crippen LogP contribution in [-0.4, -0.2) is 33.3 Å². The van der Waals surface area contributed by atoms with Gasteiger partial charge >= 0.3 is 0 Å². The summed E-state index contributed by atoms with van der Waals surface area (Å²) in [6, 6.07) is 14.2. The topological polar surface area (TPSA) is 29.5 Å². The molecule has 0 bridgehead atoms. The molecule has 2 aromatic carbocycles. The second-order valence-corrected chi connectivity index (χ2v) is 12.6. The molecule has 0 radical (unpaired) electrons. The van der Waals surface area contributed by atoms with Crippen molar-refractivity contribution in [2.75, 3.05) is 7.05 Å². The number of likely N-dealkylation sites (tertiary alicyclic amines) is 1. The van der Waals surface area contributed by atoms with E-state index >= 15 is 0 Å². The summed E-state index contributed by atoms with van der Waals surface area (Å²) >= 11 is 11.4. The van der Waals surface area contributed by atoms with Crippen LogP contribution in [-0.2, 0) is 19.7 Å². The third kappa shape index (κ3) is 4.38. The lowest BCUT2D eigenvalue weighted by atomic mass is 9.79. The minimum absolute atomic E-state index is 0.0654. The van der Waals surface area contributed by atoms with Crippen LogP contribution in [0.1, 0.15) is 40.5 Å². The van der Waals surface area contributed by atoms with Crippen LogP contribution in [0.4, 0.5) is 0 Å². The molecule has 0 N–H and O–H groups in total. The van der Waals surface area contributed by atoms with Crippen molar-refractivity contribution in [2.24, 2.45) is 0 Å². The number of rotatable bonds is 4. The zero-order valence-corrected chi connectivity index (χ0v) is 19.5. The second-order valence-electron chi connectivity index (χ2n) is 8.76. The molecule has 152 valence electrons. The number of halogens is 1. The van der Waals surface area contributed by atoms with Crippen LogP contribution in [0.2, 0.25) is 5.02 Å². The van der Waals surface area contributed by atoms with Gasteiger partial charge < -0.3 is 4.74 Å². The molecular weight excluding hydrogens is 410 g/mol. The van der Waals surface area contributed by atoms with Gasteiger partial charge in [-0.1, -0.05) is 11.6 Å². The van der Waals surface area contributed by atoms with E-state index in [1.54, 1.807) is 24.3 Å². The molecule has 0 saturated carbocycles. The van der Waals surface area contributed by atoms with E-state index in [9.17, 15) is 4.21 Å². The SMILES string of the molecule is CN1C(C)(C)CC(Oc2ccc(S(=O)(=S)c3ccc(Cl)cc3)cc2)CC1(C)C.